The number of nitrogens with one attached hydrogen (secondary N) is 1. The first-order valence-corrected chi connectivity index (χ1v) is 6.32. The molecular formula is C14H18N2. The molecule has 0 radical (unpaired) electrons. The van der Waals surface area contributed by atoms with Crippen LogP contribution >= 0.6 is 0 Å². The van der Waals surface area contributed by atoms with Gasteiger partial charge in [-0.3, -0.25) is 5.41 Å². The summed E-state index contributed by atoms with van der Waals surface area (Å²) in [4.78, 5) is 2.21. The van der Waals surface area contributed by atoms with E-state index < -0.39 is 0 Å². The van der Waals surface area contributed by atoms with Crippen LogP contribution in [0.4, 0.5) is 5.69 Å². The highest BCUT2D eigenvalue weighted by Crippen LogP contribution is 2.32. The molecule has 0 aromatic heterocycles. The number of rotatable bonds is 1. The number of aryl methyl sites for hydroxylation is 1. The van der Waals surface area contributed by atoms with E-state index in [0.717, 1.165) is 25.2 Å². The van der Waals surface area contributed by atoms with E-state index in [1.165, 1.54) is 42.5 Å². The van der Waals surface area contributed by atoms with Crippen LogP contribution in [0.3, 0.4) is 0 Å². The topological polar surface area (TPSA) is 27.1 Å². The van der Waals surface area contributed by atoms with E-state index >= 15 is 0 Å². The Bertz CT molecular complexity index is 423. The minimum absolute atomic E-state index is 0.805. The van der Waals surface area contributed by atoms with Gasteiger partial charge in [0, 0.05) is 18.7 Å². The Morgan fingerprint density at radius 3 is 2.69 bits per heavy atom. The van der Waals surface area contributed by atoms with Crippen LogP contribution in [0.5, 0.6) is 0 Å². The van der Waals surface area contributed by atoms with Crippen molar-refractivity contribution in [2.24, 2.45) is 0 Å². The molecule has 0 amide bonds. The van der Waals surface area contributed by atoms with E-state index in [1.807, 2.05) is 0 Å². The molecule has 1 N–H and O–H groups in total. The Morgan fingerprint density at radius 2 is 1.88 bits per heavy atom. The van der Waals surface area contributed by atoms with Crippen molar-refractivity contribution >= 4 is 11.5 Å². The van der Waals surface area contributed by atoms with Gasteiger partial charge in [-0.15, -0.1) is 0 Å². The molecule has 2 heteroatoms. The van der Waals surface area contributed by atoms with Crippen molar-refractivity contribution in [3.8, 4) is 0 Å². The second kappa shape index (κ2) is 3.93. The molecule has 0 bridgehead atoms. The van der Waals surface area contributed by atoms with Gasteiger partial charge in [-0.2, -0.15) is 0 Å². The number of amidine groups is 1. The fourth-order valence-electron chi connectivity index (χ4n) is 2.95. The molecule has 3 rings (SSSR count). The van der Waals surface area contributed by atoms with Crippen LogP contribution in [0, 0.1) is 5.41 Å². The second-order valence-electron chi connectivity index (χ2n) is 4.82. The van der Waals surface area contributed by atoms with E-state index in [4.69, 9.17) is 5.41 Å². The minimum Gasteiger partial charge on any atom is -0.330 e. The molecule has 1 aromatic carbocycles. The molecule has 1 aliphatic heterocycles. The smallest absolute Gasteiger partial charge is 0.100 e. The predicted octanol–water partition coefficient (Wildman–Crippen LogP) is 3.14. The number of nitrogens with zero attached hydrogens (tertiary/aromatic N) is 1. The zero-order valence-corrected chi connectivity index (χ0v) is 9.63. The number of hydrogen-bond donors (Lipinski definition) is 1. The molecule has 0 saturated carbocycles. The summed E-state index contributed by atoms with van der Waals surface area (Å²) in [5, 5.41) is 7.99. The van der Waals surface area contributed by atoms with Gasteiger partial charge in [0.2, 0.25) is 0 Å². The Morgan fingerprint density at radius 1 is 1.00 bits per heavy atom. The van der Waals surface area contributed by atoms with E-state index in [1.54, 1.807) is 0 Å². The maximum Gasteiger partial charge on any atom is 0.100 e. The third-order valence-electron chi connectivity index (χ3n) is 3.78. The van der Waals surface area contributed by atoms with Crippen LogP contribution in [0.25, 0.3) is 0 Å². The summed E-state index contributed by atoms with van der Waals surface area (Å²) in [5.41, 5.74) is 4.35. The van der Waals surface area contributed by atoms with Crippen molar-refractivity contribution in [1.29, 1.82) is 5.41 Å². The molecule has 1 saturated heterocycles. The van der Waals surface area contributed by atoms with Crippen LogP contribution in [0.15, 0.2) is 18.2 Å². The van der Waals surface area contributed by atoms with Gasteiger partial charge >= 0.3 is 0 Å². The predicted molar refractivity (Wildman–Crippen MR) is 67.4 cm³/mol. The fourth-order valence-corrected chi connectivity index (χ4v) is 2.95. The maximum atomic E-state index is 7.99. The Labute approximate surface area is 96.8 Å². The van der Waals surface area contributed by atoms with Gasteiger partial charge in [-0.1, -0.05) is 12.1 Å². The Kier molecular flexibility index (Phi) is 2.43. The van der Waals surface area contributed by atoms with E-state index in [-0.39, 0.29) is 0 Å². The summed E-state index contributed by atoms with van der Waals surface area (Å²) in [6.07, 6.45) is 7.16. The number of anilines is 1. The van der Waals surface area contributed by atoms with Crippen molar-refractivity contribution in [3.05, 3.63) is 29.3 Å². The molecule has 2 aliphatic rings. The lowest BCUT2D eigenvalue weighted by Gasteiger charge is -2.26. The Balaban J connectivity index is 2.03. The normalized spacial score (nSPS) is 20.0. The van der Waals surface area contributed by atoms with Crippen molar-refractivity contribution < 1.29 is 0 Å². The summed E-state index contributed by atoms with van der Waals surface area (Å²) in [6, 6.07) is 6.62. The average Bonchev–Trinajstić information content (AvgIpc) is 2.75. The van der Waals surface area contributed by atoms with Crippen LogP contribution < -0.4 is 4.90 Å². The molecule has 1 aliphatic carbocycles. The molecule has 1 fully saturated rings. The lowest BCUT2D eigenvalue weighted by Crippen LogP contribution is -2.25. The lowest BCUT2D eigenvalue weighted by molar-refractivity contribution is 0.685. The van der Waals surface area contributed by atoms with Crippen LogP contribution in [0.2, 0.25) is 0 Å². The highest BCUT2D eigenvalue weighted by Gasteiger charge is 2.22. The van der Waals surface area contributed by atoms with Gasteiger partial charge in [0.25, 0.3) is 0 Å². The quantitative estimate of drug-likeness (QED) is 0.764. The summed E-state index contributed by atoms with van der Waals surface area (Å²) >= 11 is 0. The molecule has 1 heterocycles. The van der Waals surface area contributed by atoms with E-state index in [0.29, 0.717) is 0 Å². The minimum atomic E-state index is 0.805. The SMILES string of the molecule is N=C1CCCN1c1cccc2c1CCCC2. The molecule has 1 aromatic rings. The van der Waals surface area contributed by atoms with Crippen molar-refractivity contribution in [2.45, 2.75) is 38.5 Å². The molecular weight excluding hydrogens is 196 g/mol. The van der Waals surface area contributed by atoms with Gasteiger partial charge in [0.15, 0.2) is 0 Å². The second-order valence-corrected chi connectivity index (χ2v) is 4.82. The molecule has 0 unspecified atom stereocenters. The molecule has 0 atom stereocenters. The van der Waals surface area contributed by atoms with Gasteiger partial charge in [0.05, 0.1) is 0 Å². The van der Waals surface area contributed by atoms with Crippen LogP contribution in [0.1, 0.15) is 36.8 Å². The summed E-state index contributed by atoms with van der Waals surface area (Å²) in [5.74, 6) is 0.805. The zero-order chi connectivity index (χ0) is 11.0. The first-order chi connectivity index (χ1) is 7.86. The highest BCUT2D eigenvalue weighted by atomic mass is 15.2. The summed E-state index contributed by atoms with van der Waals surface area (Å²) in [6.45, 7) is 1.04. The molecule has 16 heavy (non-hydrogen) atoms. The van der Waals surface area contributed by atoms with Crippen LogP contribution in [-0.2, 0) is 12.8 Å². The van der Waals surface area contributed by atoms with E-state index in [9.17, 15) is 0 Å². The monoisotopic (exact) mass is 214 g/mol. The number of fused-ring (bicyclic) bond motifs is 1. The Hall–Kier alpha value is -1.31. The van der Waals surface area contributed by atoms with Gasteiger partial charge in [-0.05, 0) is 49.3 Å². The summed E-state index contributed by atoms with van der Waals surface area (Å²) < 4.78 is 0. The summed E-state index contributed by atoms with van der Waals surface area (Å²) in [7, 11) is 0. The first kappa shape index (κ1) is 9.88. The molecule has 84 valence electrons. The third kappa shape index (κ3) is 1.53. The standard InChI is InChI=1S/C14H18N2/c15-14-9-4-10-16(14)13-8-3-6-11-5-1-2-7-12(11)13/h3,6,8,15H,1-2,4-5,7,9-10H2. The van der Waals surface area contributed by atoms with Crippen LogP contribution in [-0.4, -0.2) is 12.4 Å². The van der Waals surface area contributed by atoms with Gasteiger partial charge in [0.1, 0.15) is 5.84 Å². The average molecular weight is 214 g/mol. The van der Waals surface area contributed by atoms with Gasteiger partial charge < -0.3 is 4.90 Å². The molecule has 0 spiro atoms. The third-order valence-corrected chi connectivity index (χ3v) is 3.78. The zero-order valence-electron chi connectivity index (χ0n) is 9.63. The fraction of sp³-hybridized carbons (Fsp3) is 0.500. The van der Waals surface area contributed by atoms with E-state index in [2.05, 4.69) is 23.1 Å². The molecule has 2 nitrogen and oxygen atoms in total. The van der Waals surface area contributed by atoms with Crippen molar-refractivity contribution in [3.63, 3.8) is 0 Å². The lowest BCUT2D eigenvalue weighted by atomic mass is 9.90. The van der Waals surface area contributed by atoms with Gasteiger partial charge in [-0.25, -0.2) is 0 Å². The number of benzene rings is 1. The first-order valence-electron chi connectivity index (χ1n) is 6.32. The van der Waals surface area contributed by atoms with Crippen molar-refractivity contribution in [1.82, 2.24) is 0 Å². The number of hydrogen-bond acceptors (Lipinski definition) is 1. The maximum absolute atomic E-state index is 7.99. The van der Waals surface area contributed by atoms with Crippen molar-refractivity contribution in [2.75, 3.05) is 11.4 Å². The largest absolute Gasteiger partial charge is 0.330 e. The highest BCUT2D eigenvalue weighted by molar-refractivity contribution is 5.98.